The van der Waals surface area contributed by atoms with Gasteiger partial charge in [-0.2, -0.15) is 0 Å². The minimum absolute atomic E-state index is 0.137. The van der Waals surface area contributed by atoms with Gasteiger partial charge >= 0.3 is 7.12 Å². The van der Waals surface area contributed by atoms with Crippen molar-refractivity contribution in [3.8, 4) is 5.75 Å². The number of rotatable bonds is 4. The molecule has 0 amide bonds. The molecule has 1 fully saturated rings. The maximum Gasteiger partial charge on any atom is 0.552 e. The van der Waals surface area contributed by atoms with Crippen LogP contribution in [-0.4, -0.2) is 36.6 Å². The molecule has 3 N–H and O–H groups in total. The summed E-state index contributed by atoms with van der Waals surface area (Å²) in [4.78, 5) is 7.70. The van der Waals surface area contributed by atoms with Crippen LogP contribution < -0.4 is 9.38 Å². The lowest BCUT2D eigenvalue weighted by Crippen LogP contribution is -2.45. The van der Waals surface area contributed by atoms with Crippen LogP contribution in [-0.2, 0) is 10.0 Å². The average molecular weight is 409 g/mol. The molecule has 148 valence electrons. The van der Waals surface area contributed by atoms with Gasteiger partial charge in [0.05, 0.1) is 11.1 Å². The van der Waals surface area contributed by atoms with Crippen LogP contribution in [0.4, 0.5) is 0 Å². The van der Waals surface area contributed by atoms with Crippen molar-refractivity contribution in [2.75, 3.05) is 0 Å². The molecule has 3 aromatic rings. The van der Waals surface area contributed by atoms with Gasteiger partial charge in [-0.1, -0.05) is 12.1 Å². The van der Waals surface area contributed by atoms with Gasteiger partial charge in [0.25, 0.3) is 0 Å². The number of sulfonamides is 1. The Balaban J connectivity index is 1.37. The first-order chi connectivity index (χ1) is 13.9. The summed E-state index contributed by atoms with van der Waals surface area (Å²) in [5.41, 5.74) is 3.57. The molecule has 1 aliphatic carbocycles. The SMILES string of the molecule is Cc1cccc(S(=O)(=O)NC2CC(C3=CB(O)Oc4cnc5[nH]ccc5c43)C2)c1. The minimum atomic E-state index is -3.55. The fourth-order valence-corrected chi connectivity index (χ4v) is 5.52. The van der Waals surface area contributed by atoms with Crippen LogP contribution in [0.15, 0.2) is 53.6 Å². The molecule has 0 spiro atoms. The lowest BCUT2D eigenvalue weighted by molar-refractivity contribution is 0.308. The van der Waals surface area contributed by atoms with Gasteiger partial charge in [0.15, 0.2) is 0 Å². The number of H-pyrrole nitrogens is 1. The standard InChI is InChI=1S/C20H20BN3O4S/c1-12-3-2-4-15(7-12)29(26,27)24-14-8-13(9-14)17-10-21(25)28-18-11-23-20-16(19(17)18)5-6-22-20/h2-7,10-11,13-14,24-25H,8-9H2,1H3,(H,22,23). The molecule has 29 heavy (non-hydrogen) atoms. The first-order valence-electron chi connectivity index (χ1n) is 9.52. The van der Waals surface area contributed by atoms with Crippen molar-refractivity contribution in [2.24, 2.45) is 5.92 Å². The predicted octanol–water partition coefficient (Wildman–Crippen LogP) is 2.42. The van der Waals surface area contributed by atoms with Crippen LogP contribution >= 0.6 is 0 Å². The largest absolute Gasteiger partial charge is 0.552 e. The molecule has 2 aliphatic rings. The molecule has 0 saturated heterocycles. The van der Waals surface area contributed by atoms with Gasteiger partial charge < -0.3 is 14.7 Å². The molecule has 3 heterocycles. The summed E-state index contributed by atoms with van der Waals surface area (Å²) in [5, 5.41) is 11.0. The van der Waals surface area contributed by atoms with E-state index < -0.39 is 17.1 Å². The highest BCUT2D eigenvalue weighted by atomic mass is 32.2. The summed E-state index contributed by atoms with van der Waals surface area (Å²) in [6, 6.07) is 8.69. The Labute approximate surface area is 169 Å². The number of pyridine rings is 1. The van der Waals surface area contributed by atoms with Crippen molar-refractivity contribution in [1.29, 1.82) is 0 Å². The number of aromatic amines is 1. The maximum absolute atomic E-state index is 12.7. The lowest BCUT2D eigenvalue weighted by atomic mass is 9.68. The van der Waals surface area contributed by atoms with Gasteiger partial charge in [0.1, 0.15) is 11.4 Å². The summed E-state index contributed by atoms with van der Waals surface area (Å²) in [7, 11) is -4.58. The van der Waals surface area contributed by atoms with E-state index in [4.69, 9.17) is 4.65 Å². The third kappa shape index (κ3) is 3.25. The highest BCUT2D eigenvalue weighted by molar-refractivity contribution is 7.89. The van der Waals surface area contributed by atoms with Crippen molar-refractivity contribution in [3.05, 3.63) is 59.8 Å². The van der Waals surface area contributed by atoms with Crippen molar-refractivity contribution in [1.82, 2.24) is 14.7 Å². The second kappa shape index (κ2) is 6.72. The van der Waals surface area contributed by atoms with Crippen LogP contribution in [0.5, 0.6) is 5.75 Å². The third-order valence-corrected chi connectivity index (χ3v) is 7.13. The van der Waals surface area contributed by atoms with Crippen molar-refractivity contribution in [3.63, 3.8) is 0 Å². The minimum Gasteiger partial charge on any atom is -0.531 e. The van der Waals surface area contributed by atoms with Crippen molar-refractivity contribution in [2.45, 2.75) is 30.7 Å². The lowest BCUT2D eigenvalue weighted by Gasteiger charge is -2.39. The third-order valence-electron chi connectivity index (χ3n) is 5.61. The van der Waals surface area contributed by atoms with E-state index in [-0.39, 0.29) is 16.9 Å². The number of nitrogens with zero attached hydrogens (tertiary/aromatic N) is 1. The fraction of sp³-hybridized carbons (Fsp3) is 0.250. The number of allylic oxidation sites excluding steroid dienone is 1. The summed E-state index contributed by atoms with van der Waals surface area (Å²) < 4.78 is 33.7. The van der Waals surface area contributed by atoms with Crippen molar-refractivity contribution >= 4 is 33.7 Å². The Morgan fingerprint density at radius 1 is 1.31 bits per heavy atom. The van der Waals surface area contributed by atoms with Crippen LogP contribution in [0.1, 0.15) is 24.0 Å². The molecule has 9 heteroatoms. The normalized spacial score (nSPS) is 21.3. The summed E-state index contributed by atoms with van der Waals surface area (Å²) >= 11 is 0. The monoisotopic (exact) mass is 409 g/mol. The second-order valence-corrected chi connectivity index (χ2v) is 9.38. The first-order valence-corrected chi connectivity index (χ1v) is 11.0. The molecular formula is C20H20BN3O4S. The Morgan fingerprint density at radius 3 is 2.93 bits per heavy atom. The fourth-order valence-electron chi connectivity index (χ4n) is 4.16. The topological polar surface area (TPSA) is 104 Å². The molecule has 5 rings (SSSR count). The highest BCUT2D eigenvalue weighted by Crippen LogP contribution is 2.46. The zero-order chi connectivity index (χ0) is 20.2. The van der Waals surface area contributed by atoms with E-state index in [0.29, 0.717) is 18.6 Å². The van der Waals surface area contributed by atoms with E-state index in [9.17, 15) is 13.4 Å². The van der Waals surface area contributed by atoms with Crippen LogP contribution in [0.25, 0.3) is 16.6 Å². The molecule has 0 atom stereocenters. The van der Waals surface area contributed by atoms with E-state index in [1.54, 1.807) is 30.4 Å². The molecular weight excluding hydrogens is 389 g/mol. The first kappa shape index (κ1) is 18.4. The van der Waals surface area contributed by atoms with Crippen LogP contribution in [0.2, 0.25) is 0 Å². The van der Waals surface area contributed by atoms with E-state index >= 15 is 0 Å². The van der Waals surface area contributed by atoms with E-state index in [1.165, 1.54) is 0 Å². The van der Waals surface area contributed by atoms with Gasteiger partial charge in [0, 0.05) is 23.2 Å². The Kier molecular flexibility index (Phi) is 4.27. The van der Waals surface area contributed by atoms with Gasteiger partial charge in [-0.15, -0.1) is 0 Å². The van der Waals surface area contributed by atoms with E-state index in [0.717, 1.165) is 27.7 Å². The molecule has 1 aromatic carbocycles. The van der Waals surface area contributed by atoms with Gasteiger partial charge in [-0.25, -0.2) is 18.1 Å². The van der Waals surface area contributed by atoms with Crippen LogP contribution in [0, 0.1) is 12.8 Å². The summed E-state index contributed by atoms with van der Waals surface area (Å²) in [6.07, 6.45) is 4.76. The summed E-state index contributed by atoms with van der Waals surface area (Å²) in [5.74, 6) is 2.40. The highest BCUT2D eigenvalue weighted by Gasteiger charge is 2.39. The molecule has 0 bridgehead atoms. The maximum atomic E-state index is 12.7. The second-order valence-electron chi connectivity index (χ2n) is 7.67. The number of aromatic nitrogens is 2. The Hall–Kier alpha value is -2.62. The number of aryl methyl sites for hydroxylation is 1. The number of fused-ring (bicyclic) bond motifs is 3. The zero-order valence-electron chi connectivity index (χ0n) is 15.8. The number of nitrogens with one attached hydrogen (secondary N) is 2. The zero-order valence-corrected chi connectivity index (χ0v) is 16.6. The number of benzene rings is 1. The molecule has 0 radical (unpaired) electrons. The van der Waals surface area contributed by atoms with Gasteiger partial charge in [-0.3, -0.25) is 0 Å². The smallest absolute Gasteiger partial charge is 0.531 e. The van der Waals surface area contributed by atoms with Gasteiger partial charge in [0.2, 0.25) is 10.0 Å². The predicted molar refractivity (Wildman–Crippen MR) is 111 cm³/mol. The number of hydrogen-bond donors (Lipinski definition) is 3. The molecule has 0 unspecified atom stereocenters. The molecule has 1 aliphatic heterocycles. The quantitative estimate of drug-likeness (QED) is 0.575. The molecule has 7 nitrogen and oxygen atoms in total. The average Bonchev–Trinajstić information content (AvgIpc) is 3.12. The Bertz CT molecular complexity index is 1230. The number of hydrogen-bond acceptors (Lipinski definition) is 5. The van der Waals surface area contributed by atoms with E-state index in [1.807, 2.05) is 25.3 Å². The Morgan fingerprint density at radius 2 is 2.14 bits per heavy atom. The molecule has 1 saturated carbocycles. The van der Waals surface area contributed by atoms with Crippen LogP contribution in [0.3, 0.4) is 0 Å². The van der Waals surface area contributed by atoms with E-state index in [2.05, 4.69) is 14.7 Å². The van der Waals surface area contributed by atoms with Crippen molar-refractivity contribution < 1.29 is 18.1 Å². The van der Waals surface area contributed by atoms with Gasteiger partial charge in [-0.05, 0) is 61.0 Å². The molecule has 2 aromatic heterocycles. The summed E-state index contributed by atoms with van der Waals surface area (Å²) in [6.45, 7) is 1.87.